The number of imidazole rings is 1. The Morgan fingerprint density at radius 2 is 1.97 bits per heavy atom. The molecule has 0 unspecified atom stereocenters. The molecule has 0 spiro atoms. The average Bonchev–Trinajstić information content (AvgIpc) is 3.51. The van der Waals surface area contributed by atoms with Crippen LogP contribution in [-0.2, 0) is 6.42 Å². The topological polar surface area (TPSA) is 46.8 Å². The van der Waals surface area contributed by atoms with Crippen molar-refractivity contribution in [3.63, 3.8) is 0 Å². The molecule has 1 aliphatic rings. The van der Waals surface area contributed by atoms with E-state index in [0.29, 0.717) is 5.56 Å². The van der Waals surface area contributed by atoms with Crippen LogP contribution >= 0.6 is 11.3 Å². The molecule has 0 radical (unpaired) electrons. The van der Waals surface area contributed by atoms with Gasteiger partial charge in [-0.15, -0.1) is 0 Å². The minimum absolute atomic E-state index is 0.0509. The molecule has 1 aliphatic heterocycles. The summed E-state index contributed by atoms with van der Waals surface area (Å²) in [5.74, 6) is 0.861. The number of carbonyl (C=O) groups is 1. The van der Waals surface area contributed by atoms with E-state index in [1.54, 1.807) is 18.4 Å². The van der Waals surface area contributed by atoms with Crippen LogP contribution in [0.25, 0.3) is 26.4 Å². The predicted octanol–water partition coefficient (Wildman–Crippen LogP) is 5.43. The fraction of sp³-hybridized carbons (Fsp3) is 0.120. The zero-order chi connectivity index (χ0) is 20.9. The van der Waals surface area contributed by atoms with Gasteiger partial charge < -0.3 is 9.64 Å². The van der Waals surface area contributed by atoms with E-state index in [0.717, 1.165) is 50.8 Å². The van der Waals surface area contributed by atoms with Gasteiger partial charge in [-0.1, -0.05) is 41.7 Å². The highest BCUT2D eigenvalue weighted by molar-refractivity contribution is 7.23. The second-order valence-electron chi connectivity index (χ2n) is 7.63. The van der Waals surface area contributed by atoms with Crippen LogP contribution in [0.5, 0.6) is 5.75 Å². The number of nitrogens with zero attached hydrogens (tertiary/aromatic N) is 3. The molecule has 5 aromatic rings. The zero-order valence-electron chi connectivity index (χ0n) is 16.9. The molecule has 0 saturated heterocycles. The fourth-order valence-corrected chi connectivity index (χ4v) is 5.31. The van der Waals surface area contributed by atoms with Gasteiger partial charge in [-0.3, -0.25) is 9.20 Å². The molecule has 31 heavy (non-hydrogen) atoms. The molecular formula is C25H19N3O2S. The van der Waals surface area contributed by atoms with E-state index in [4.69, 9.17) is 9.72 Å². The highest BCUT2D eigenvalue weighted by Crippen LogP contribution is 2.33. The molecule has 0 bridgehead atoms. The Morgan fingerprint density at radius 1 is 1.06 bits per heavy atom. The number of thiazole rings is 1. The third-order valence-electron chi connectivity index (χ3n) is 5.84. The normalized spacial score (nSPS) is 13.1. The van der Waals surface area contributed by atoms with Crippen molar-refractivity contribution in [2.75, 3.05) is 18.6 Å². The molecule has 3 aromatic carbocycles. The molecule has 5 nitrogen and oxygen atoms in total. The smallest absolute Gasteiger partial charge is 0.258 e. The van der Waals surface area contributed by atoms with Crippen LogP contribution in [0, 0.1) is 0 Å². The van der Waals surface area contributed by atoms with E-state index in [2.05, 4.69) is 10.5 Å². The molecule has 0 aliphatic carbocycles. The highest BCUT2D eigenvalue weighted by atomic mass is 32.1. The lowest BCUT2D eigenvalue weighted by atomic mass is 10.1. The van der Waals surface area contributed by atoms with Gasteiger partial charge in [0.1, 0.15) is 5.75 Å². The van der Waals surface area contributed by atoms with Crippen molar-refractivity contribution in [3.8, 4) is 17.0 Å². The van der Waals surface area contributed by atoms with E-state index in [1.165, 1.54) is 5.56 Å². The number of anilines is 1. The van der Waals surface area contributed by atoms with E-state index in [9.17, 15) is 4.79 Å². The molecule has 3 heterocycles. The minimum atomic E-state index is 0.0509. The molecule has 0 saturated carbocycles. The number of ether oxygens (including phenoxy) is 1. The maximum Gasteiger partial charge on any atom is 0.258 e. The first-order chi connectivity index (χ1) is 15.2. The third kappa shape index (κ3) is 2.91. The number of amides is 1. The molecular weight excluding hydrogens is 406 g/mol. The quantitative estimate of drug-likeness (QED) is 0.387. The summed E-state index contributed by atoms with van der Waals surface area (Å²) in [6.45, 7) is 0.730. The Bertz CT molecular complexity index is 1470. The Labute approximate surface area is 183 Å². The lowest BCUT2D eigenvalue weighted by Gasteiger charge is -2.17. The Morgan fingerprint density at radius 3 is 2.87 bits per heavy atom. The van der Waals surface area contributed by atoms with Gasteiger partial charge in [-0.05, 0) is 48.4 Å². The van der Waals surface area contributed by atoms with Gasteiger partial charge in [0, 0.05) is 29.6 Å². The summed E-state index contributed by atoms with van der Waals surface area (Å²) in [7, 11) is 1.66. The average molecular weight is 426 g/mol. The summed E-state index contributed by atoms with van der Waals surface area (Å²) < 4.78 is 8.48. The number of aromatic nitrogens is 2. The van der Waals surface area contributed by atoms with Crippen molar-refractivity contribution in [3.05, 3.63) is 84.1 Å². The third-order valence-corrected chi connectivity index (χ3v) is 6.86. The van der Waals surface area contributed by atoms with Gasteiger partial charge in [0.25, 0.3) is 5.91 Å². The first-order valence-corrected chi connectivity index (χ1v) is 11.0. The van der Waals surface area contributed by atoms with E-state index >= 15 is 0 Å². The molecule has 152 valence electrons. The first-order valence-electron chi connectivity index (χ1n) is 10.2. The Balaban J connectivity index is 1.37. The number of hydrogen-bond acceptors (Lipinski definition) is 4. The van der Waals surface area contributed by atoms with Crippen molar-refractivity contribution in [2.24, 2.45) is 0 Å². The number of methoxy groups -OCH3 is 1. The molecule has 1 amide bonds. The van der Waals surface area contributed by atoms with Crippen LogP contribution in [0.1, 0.15) is 15.9 Å². The molecule has 0 atom stereocenters. The van der Waals surface area contributed by atoms with Crippen LogP contribution in [-0.4, -0.2) is 28.9 Å². The second kappa shape index (κ2) is 6.96. The number of carbonyl (C=O) groups excluding carboxylic acids is 1. The van der Waals surface area contributed by atoms with Gasteiger partial charge in [-0.25, -0.2) is 4.98 Å². The molecule has 6 heteroatoms. The van der Waals surface area contributed by atoms with Gasteiger partial charge in [-0.2, -0.15) is 0 Å². The lowest BCUT2D eigenvalue weighted by molar-refractivity contribution is 0.0989. The van der Waals surface area contributed by atoms with Gasteiger partial charge in [0.2, 0.25) is 0 Å². The van der Waals surface area contributed by atoms with Crippen LogP contribution in [0.4, 0.5) is 5.69 Å². The summed E-state index contributed by atoms with van der Waals surface area (Å²) in [6.07, 6.45) is 2.95. The summed E-state index contributed by atoms with van der Waals surface area (Å²) in [6, 6.07) is 22.0. The lowest BCUT2D eigenvalue weighted by Crippen LogP contribution is -2.28. The van der Waals surface area contributed by atoms with Crippen LogP contribution in [0.2, 0.25) is 0 Å². The number of hydrogen-bond donors (Lipinski definition) is 0. The van der Waals surface area contributed by atoms with Crippen LogP contribution < -0.4 is 9.64 Å². The van der Waals surface area contributed by atoms with E-state index in [1.807, 2.05) is 71.8 Å². The second-order valence-corrected chi connectivity index (χ2v) is 8.64. The Kier molecular flexibility index (Phi) is 4.07. The van der Waals surface area contributed by atoms with Crippen molar-refractivity contribution < 1.29 is 9.53 Å². The van der Waals surface area contributed by atoms with Crippen molar-refractivity contribution in [2.45, 2.75) is 6.42 Å². The predicted molar refractivity (Wildman–Crippen MR) is 124 cm³/mol. The van der Waals surface area contributed by atoms with Gasteiger partial charge in [0.15, 0.2) is 4.96 Å². The summed E-state index contributed by atoms with van der Waals surface area (Å²) in [4.78, 5) is 20.8. The number of fused-ring (bicyclic) bond motifs is 4. The Hall–Kier alpha value is -3.64. The molecule has 2 aromatic heterocycles. The van der Waals surface area contributed by atoms with Gasteiger partial charge >= 0.3 is 0 Å². The first kappa shape index (κ1) is 18.2. The van der Waals surface area contributed by atoms with Gasteiger partial charge in [0.05, 0.1) is 23.0 Å². The molecule has 6 rings (SSSR count). The maximum absolute atomic E-state index is 13.2. The van der Waals surface area contributed by atoms with Crippen LogP contribution in [0.15, 0.2) is 72.9 Å². The molecule has 0 N–H and O–H groups in total. The highest BCUT2D eigenvalue weighted by Gasteiger charge is 2.25. The summed E-state index contributed by atoms with van der Waals surface area (Å²) in [5, 5.41) is 0. The number of para-hydroxylation sites is 1. The monoisotopic (exact) mass is 425 g/mol. The summed E-state index contributed by atoms with van der Waals surface area (Å²) >= 11 is 1.60. The van der Waals surface area contributed by atoms with E-state index < -0.39 is 0 Å². The number of benzene rings is 3. The number of rotatable bonds is 3. The van der Waals surface area contributed by atoms with Crippen molar-refractivity contribution >= 4 is 38.1 Å². The largest absolute Gasteiger partial charge is 0.497 e. The standard InChI is InChI=1S/C25H19N3O2S/c1-30-19-7-4-6-17(13-19)20-15-28-22-10-9-18(14-23(22)31-25(28)26-20)24(29)27-12-11-16-5-2-3-8-21(16)27/h2-10,13-15H,11-12H2,1H3. The SMILES string of the molecule is COc1cccc(-c2cn3c(n2)sc2cc(C(=O)N4CCc5ccccc54)ccc23)c1. The fourth-order valence-electron chi connectivity index (χ4n) is 4.26. The zero-order valence-corrected chi connectivity index (χ0v) is 17.7. The summed E-state index contributed by atoms with van der Waals surface area (Å²) in [5.41, 5.74) is 5.94. The van der Waals surface area contributed by atoms with E-state index in [-0.39, 0.29) is 5.91 Å². The van der Waals surface area contributed by atoms with Crippen molar-refractivity contribution in [1.82, 2.24) is 9.38 Å². The van der Waals surface area contributed by atoms with Crippen LogP contribution in [0.3, 0.4) is 0 Å². The molecule has 0 fully saturated rings. The minimum Gasteiger partial charge on any atom is -0.497 e. The maximum atomic E-state index is 13.2. The van der Waals surface area contributed by atoms with Crippen molar-refractivity contribution in [1.29, 1.82) is 0 Å².